The molecule has 0 radical (unpaired) electrons. The Balaban J connectivity index is 2.90. The lowest BCUT2D eigenvalue weighted by atomic mass is 9.85. The minimum absolute atomic E-state index is 0.151. The van der Waals surface area contributed by atoms with Crippen LogP contribution in [0.15, 0.2) is 24.3 Å². The van der Waals surface area contributed by atoms with Crippen LogP contribution in [0.1, 0.15) is 33.3 Å². The third kappa shape index (κ3) is 2.76. The summed E-state index contributed by atoms with van der Waals surface area (Å²) in [6.45, 7) is 10.7. The standard InChI is InChI=1S/C14H23NO/c1-5-15(6-2)13-9-7-12(8-10-13)14(3,4)11-16/h7-10,16H,5-6,11H2,1-4H3. The van der Waals surface area contributed by atoms with Gasteiger partial charge in [0.25, 0.3) is 0 Å². The molecule has 1 aromatic carbocycles. The van der Waals surface area contributed by atoms with Gasteiger partial charge in [-0.15, -0.1) is 0 Å². The Hall–Kier alpha value is -1.02. The molecule has 1 rings (SSSR count). The number of aliphatic hydroxyl groups is 1. The van der Waals surface area contributed by atoms with E-state index in [4.69, 9.17) is 0 Å². The molecule has 1 aromatic rings. The van der Waals surface area contributed by atoms with Crippen LogP contribution in [0.25, 0.3) is 0 Å². The third-order valence-corrected chi connectivity index (χ3v) is 3.17. The predicted molar refractivity (Wildman–Crippen MR) is 70.1 cm³/mol. The first-order valence-electron chi connectivity index (χ1n) is 6.01. The highest BCUT2D eigenvalue weighted by Gasteiger charge is 2.19. The molecule has 2 nitrogen and oxygen atoms in total. The van der Waals surface area contributed by atoms with E-state index in [2.05, 4.69) is 56.9 Å². The minimum atomic E-state index is -0.151. The lowest BCUT2D eigenvalue weighted by molar-refractivity contribution is 0.218. The Morgan fingerprint density at radius 1 is 1.06 bits per heavy atom. The number of aliphatic hydroxyl groups excluding tert-OH is 1. The largest absolute Gasteiger partial charge is 0.395 e. The summed E-state index contributed by atoms with van der Waals surface area (Å²) in [5, 5.41) is 9.31. The Kier molecular flexibility index (Phi) is 4.36. The molecule has 90 valence electrons. The molecule has 0 bridgehead atoms. The van der Waals surface area contributed by atoms with Gasteiger partial charge in [0, 0.05) is 24.2 Å². The summed E-state index contributed by atoms with van der Waals surface area (Å²) in [5.74, 6) is 0. The fourth-order valence-electron chi connectivity index (χ4n) is 1.80. The van der Waals surface area contributed by atoms with Crippen molar-refractivity contribution in [3.8, 4) is 0 Å². The predicted octanol–water partition coefficient (Wildman–Crippen LogP) is 2.80. The van der Waals surface area contributed by atoms with Gasteiger partial charge in [0.15, 0.2) is 0 Å². The van der Waals surface area contributed by atoms with Crippen LogP contribution >= 0.6 is 0 Å². The van der Waals surface area contributed by atoms with Crippen LogP contribution in [0.2, 0.25) is 0 Å². The van der Waals surface area contributed by atoms with Crippen LogP contribution in [0.5, 0.6) is 0 Å². The number of hydrogen-bond acceptors (Lipinski definition) is 2. The fourth-order valence-corrected chi connectivity index (χ4v) is 1.80. The van der Waals surface area contributed by atoms with E-state index in [1.165, 1.54) is 11.3 Å². The molecule has 0 heterocycles. The van der Waals surface area contributed by atoms with Crippen molar-refractivity contribution >= 4 is 5.69 Å². The average molecular weight is 221 g/mol. The van der Waals surface area contributed by atoms with E-state index in [1.807, 2.05) is 0 Å². The van der Waals surface area contributed by atoms with E-state index in [0.29, 0.717) is 0 Å². The zero-order chi connectivity index (χ0) is 12.2. The van der Waals surface area contributed by atoms with Crippen molar-refractivity contribution in [3.05, 3.63) is 29.8 Å². The summed E-state index contributed by atoms with van der Waals surface area (Å²) in [4.78, 5) is 2.32. The van der Waals surface area contributed by atoms with E-state index in [0.717, 1.165) is 13.1 Å². The number of benzene rings is 1. The van der Waals surface area contributed by atoms with Crippen molar-refractivity contribution in [1.29, 1.82) is 0 Å². The number of anilines is 1. The SMILES string of the molecule is CCN(CC)c1ccc(C(C)(C)CO)cc1. The second-order valence-electron chi connectivity index (χ2n) is 4.76. The van der Waals surface area contributed by atoms with Gasteiger partial charge in [-0.25, -0.2) is 0 Å². The van der Waals surface area contributed by atoms with Crippen molar-refractivity contribution in [3.63, 3.8) is 0 Å². The van der Waals surface area contributed by atoms with Crippen molar-refractivity contribution in [2.45, 2.75) is 33.1 Å². The second-order valence-corrected chi connectivity index (χ2v) is 4.76. The number of nitrogens with zero attached hydrogens (tertiary/aromatic N) is 1. The molecule has 0 spiro atoms. The first-order valence-corrected chi connectivity index (χ1v) is 6.01. The van der Waals surface area contributed by atoms with E-state index in [9.17, 15) is 5.11 Å². The Morgan fingerprint density at radius 2 is 1.56 bits per heavy atom. The minimum Gasteiger partial charge on any atom is -0.395 e. The maximum Gasteiger partial charge on any atom is 0.0522 e. The van der Waals surface area contributed by atoms with E-state index in [1.54, 1.807) is 0 Å². The van der Waals surface area contributed by atoms with Gasteiger partial charge in [0.1, 0.15) is 0 Å². The Bertz CT molecular complexity index is 312. The molecule has 16 heavy (non-hydrogen) atoms. The zero-order valence-electron chi connectivity index (χ0n) is 10.8. The van der Waals surface area contributed by atoms with Crippen molar-refractivity contribution < 1.29 is 5.11 Å². The molecular formula is C14H23NO. The number of hydrogen-bond donors (Lipinski definition) is 1. The molecule has 0 aromatic heterocycles. The van der Waals surface area contributed by atoms with E-state index in [-0.39, 0.29) is 12.0 Å². The molecule has 0 saturated carbocycles. The van der Waals surface area contributed by atoms with Gasteiger partial charge in [-0.1, -0.05) is 26.0 Å². The quantitative estimate of drug-likeness (QED) is 0.826. The molecule has 0 amide bonds. The number of rotatable bonds is 5. The fraction of sp³-hybridized carbons (Fsp3) is 0.571. The van der Waals surface area contributed by atoms with Gasteiger partial charge in [0.05, 0.1) is 6.61 Å². The highest BCUT2D eigenvalue weighted by atomic mass is 16.3. The second kappa shape index (κ2) is 5.35. The van der Waals surface area contributed by atoms with E-state index < -0.39 is 0 Å². The molecule has 0 saturated heterocycles. The smallest absolute Gasteiger partial charge is 0.0522 e. The Morgan fingerprint density at radius 3 is 1.94 bits per heavy atom. The summed E-state index contributed by atoms with van der Waals surface area (Å²) in [5.41, 5.74) is 2.29. The van der Waals surface area contributed by atoms with Crippen LogP contribution in [-0.2, 0) is 5.41 Å². The van der Waals surface area contributed by atoms with Crippen molar-refractivity contribution in [2.24, 2.45) is 0 Å². The summed E-state index contributed by atoms with van der Waals surface area (Å²) in [6.07, 6.45) is 0. The third-order valence-electron chi connectivity index (χ3n) is 3.17. The molecule has 1 N–H and O–H groups in total. The molecule has 0 unspecified atom stereocenters. The average Bonchev–Trinajstić information content (AvgIpc) is 2.31. The molecule has 0 fully saturated rings. The maximum absolute atomic E-state index is 9.31. The molecule has 0 aliphatic rings. The zero-order valence-corrected chi connectivity index (χ0v) is 10.8. The lowest BCUT2D eigenvalue weighted by Crippen LogP contribution is -2.24. The van der Waals surface area contributed by atoms with Gasteiger partial charge in [-0.2, -0.15) is 0 Å². The first kappa shape index (κ1) is 13.0. The van der Waals surface area contributed by atoms with Crippen LogP contribution in [0.4, 0.5) is 5.69 Å². The summed E-state index contributed by atoms with van der Waals surface area (Å²) >= 11 is 0. The van der Waals surface area contributed by atoms with Crippen LogP contribution in [0.3, 0.4) is 0 Å². The van der Waals surface area contributed by atoms with Gasteiger partial charge in [-0.3, -0.25) is 0 Å². The van der Waals surface area contributed by atoms with Gasteiger partial charge < -0.3 is 10.0 Å². The summed E-state index contributed by atoms with van der Waals surface area (Å²) in [7, 11) is 0. The van der Waals surface area contributed by atoms with Crippen molar-refractivity contribution in [2.75, 3.05) is 24.6 Å². The van der Waals surface area contributed by atoms with Crippen LogP contribution in [-0.4, -0.2) is 24.8 Å². The van der Waals surface area contributed by atoms with Crippen molar-refractivity contribution in [1.82, 2.24) is 0 Å². The van der Waals surface area contributed by atoms with Gasteiger partial charge >= 0.3 is 0 Å². The lowest BCUT2D eigenvalue weighted by Gasteiger charge is -2.25. The highest BCUT2D eigenvalue weighted by molar-refractivity contribution is 5.48. The van der Waals surface area contributed by atoms with Gasteiger partial charge in [-0.05, 0) is 31.5 Å². The highest BCUT2D eigenvalue weighted by Crippen LogP contribution is 2.25. The molecule has 2 heteroatoms. The molecule has 0 atom stereocenters. The molecule has 0 aliphatic heterocycles. The van der Waals surface area contributed by atoms with E-state index >= 15 is 0 Å². The summed E-state index contributed by atoms with van der Waals surface area (Å²) < 4.78 is 0. The first-order chi connectivity index (χ1) is 7.55. The summed E-state index contributed by atoms with van der Waals surface area (Å²) in [6, 6.07) is 8.51. The monoisotopic (exact) mass is 221 g/mol. The van der Waals surface area contributed by atoms with Crippen LogP contribution in [0, 0.1) is 0 Å². The Labute approximate surface area is 98.9 Å². The maximum atomic E-state index is 9.31. The van der Waals surface area contributed by atoms with Crippen LogP contribution < -0.4 is 4.90 Å². The molecular weight excluding hydrogens is 198 g/mol. The topological polar surface area (TPSA) is 23.5 Å². The molecule has 0 aliphatic carbocycles. The normalized spacial score (nSPS) is 11.6. The van der Waals surface area contributed by atoms with Gasteiger partial charge in [0.2, 0.25) is 0 Å².